The summed E-state index contributed by atoms with van der Waals surface area (Å²) >= 11 is 0. The normalized spacial score (nSPS) is 19.5. The minimum Gasteiger partial charge on any atom is -0.467 e. The first-order chi connectivity index (χ1) is 7.49. The highest BCUT2D eigenvalue weighted by molar-refractivity contribution is 5.68. The van der Waals surface area contributed by atoms with Gasteiger partial charge in [0.05, 0.1) is 6.61 Å². The van der Waals surface area contributed by atoms with Gasteiger partial charge in [0.25, 0.3) is 0 Å². The number of halogens is 1. The maximum Gasteiger partial charge on any atom is 0.204 e. The van der Waals surface area contributed by atoms with Gasteiger partial charge in [0.2, 0.25) is 5.79 Å². The van der Waals surface area contributed by atoms with Gasteiger partial charge in [-0.05, 0) is 13.0 Å². The van der Waals surface area contributed by atoms with Crippen LogP contribution in [0.5, 0.6) is 0 Å². The maximum atomic E-state index is 13.6. The summed E-state index contributed by atoms with van der Waals surface area (Å²) in [6, 6.07) is 6.65. The summed E-state index contributed by atoms with van der Waals surface area (Å²) in [7, 11) is 0. The van der Waals surface area contributed by atoms with Gasteiger partial charge in [-0.2, -0.15) is 0 Å². The zero-order valence-electron chi connectivity index (χ0n) is 9.71. The SMILES string of the molecule is CC1=C(c2ccccc2F)COC(C)(C)O1. The van der Waals surface area contributed by atoms with Crippen molar-refractivity contribution in [3.63, 3.8) is 0 Å². The van der Waals surface area contributed by atoms with Gasteiger partial charge in [-0.3, -0.25) is 0 Å². The Balaban J connectivity index is 2.39. The van der Waals surface area contributed by atoms with E-state index >= 15 is 0 Å². The third-order valence-electron chi connectivity index (χ3n) is 2.59. The van der Waals surface area contributed by atoms with Gasteiger partial charge in [0.15, 0.2) is 0 Å². The largest absolute Gasteiger partial charge is 0.467 e. The molecule has 1 aromatic carbocycles. The third kappa shape index (κ3) is 2.09. The molecule has 86 valence electrons. The summed E-state index contributed by atoms with van der Waals surface area (Å²) in [6.45, 7) is 5.90. The molecule has 0 saturated heterocycles. The van der Waals surface area contributed by atoms with E-state index in [0.717, 1.165) is 11.3 Å². The Morgan fingerprint density at radius 1 is 1.25 bits per heavy atom. The average Bonchev–Trinajstić information content (AvgIpc) is 2.18. The number of rotatable bonds is 1. The summed E-state index contributed by atoms with van der Waals surface area (Å²) in [5, 5.41) is 0. The van der Waals surface area contributed by atoms with E-state index in [1.165, 1.54) is 6.07 Å². The highest BCUT2D eigenvalue weighted by Gasteiger charge is 2.28. The third-order valence-corrected chi connectivity index (χ3v) is 2.59. The van der Waals surface area contributed by atoms with Gasteiger partial charge in [-0.1, -0.05) is 18.2 Å². The minimum atomic E-state index is -0.626. The molecule has 0 radical (unpaired) electrons. The van der Waals surface area contributed by atoms with Crippen LogP contribution in [0.2, 0.25) is 0 Å². The van der Waals surface area contributed by atoms with Gasteiger partial charge < -0.3 is 9.47 Å². The minimum absolute atomic E-state index is 0.247. The zero-order valence-corrected chi connectivity index (χ0v) is 9.71. The summed E-state index contributed by atoms with van der Waals surface area (Å²) in [5.41, 5.74) is 1.33. The summed E-state index contributed by atoms with van der Waals surface area (Å²) < 4.78 is 24.7. The lowest BCUT2D eigenvalue weighted by Gasteiger charge is -2.33. The van der Waals surface area contributed by atoms with E-state index in [9.17, 15) is 4.39 Å². The van der Waals surface area contributed by atoms with Crippen molar-refractivity contribution in [1.82, 2.24) is 0 Å². The molecule has 0 saturated carbocycles. The fraction of sp³-hybridized carbons (Fsp3) is 0.385. The molecule has 1 heterocycles. The molecular formula is C13H15FO2. The van der Waals surface area contributed by atoms with Crippen molar-refractivity contribution in [1.29, 1.82) is 0 Å². The fourth-order valence-electron chi connectivity index (χ4n) is 1.78. The Labute approximate surface area is 94.7 Å². The predicted molar refractivity (Wildman–Crippen MR) is 60.1 cm³/mol. The molecule has 1 aliphatic heterocycles. The molecule has 2 nitrogen and oxygen atoms in total. The molecule has 0 spiro atoms. The number of hydrogen-bond donors (Lipinski definition) is 0. The lowest BCUT2D eigenvalue weighted by Crippen LogP contribution is -2.32. The van der Waals surface area contributed by atoms with Crippen LogP contribution in [0, 0.1) is 5.82 Å². The van der Waals surface area contributed by atoms with Crippen molar-refractivity contribution < 1.29 is 13.9 Å². The number of hydrogen-bond acceptors (Lipinski definition) is 2. The van der Waals surface area contributed by atoms with Crippen molar-refractivity contribution in [2.24, 2.45) is 0 Å². The number of ether oxygens (including phenoxy) is 2. The van der Waals surface area contributed by atoms with Gasteiger partial charge >= 0.3 is 0 Å². The summed E-state index contributed by atoms with van der Waals surface area (Å²) in [6.07, 6.45) is 0. The first-order valence-corrected chi connectivity index (χ1v) is 5.27. The second-order valence-electron chi connectivity index (χ2n) is 4.31. The maximum absolute atomic E-state index is 13.6. The van der Waals surface area contributed by atoms with Gasteiger partial charge in [-0.25, -0.2) is 4.39 Å². The molecule has 0 amide bonds. The van der Waals surface area contributed by atoms with E-state index in [-0.39, 0.29) is 5.82 Å². The molecule has 2 rings (SSSR count). The monoisotopic (exact) mass is 222 g/mol. The fourth-order valence-corrected chi connectivity index (χ4v) is 1.78. The molecule has 1 aromatic rings. The van der Waals surface area contributed by atoms with E-state index in [4.69, 9.17) is 9.47 Å². The average molecular weight is 222 g/mol. The van der Waals surface area contributed by atoms with Gasteiger partial charge in [0.1, 0.15) is 11.6 Å². The first kappa shape index (κ1) is 11.1. The van der Waals surface area contributed by atoms with Crippen molar-refractivity contribution >= 4 is 5.57 Å². The van der Waals surface area contributed by atoms with Crippen LogP contribution in [0.3, 0.4) is 0 Å². The first-order valence-electron chi connectivity index (χ1n) is 5.27. The smallest absolute Gasteiger partial charge is 0.204 e. The molecule has 0 aliphatic carbocycles. The quantitative estimate of drug-likeness (QED) is 0.725. The van der Waals surface area contributed by atoms with Crippen molar-refractivity contribution in [2.75, 3.05) is 6.61 Å². The molecule has 16 heavy (non-hydrogen) atoms. The zero-order chi connectivity index (χ0) is 11.8. The van der Waals surface area contributed by atoms with Crippen LogP contribution < -0.4 is 0 Å². The summed E-state index contributed by atoms with van der Waals surface area (Å²) in [5.74, 6) is -0.149. The lowest BCUT2D eigenvalue weighted by molar-refractivity contribution is -0.192. The van der Waals surface area contributed by atoms with E-state index in [0.29, 0.717) is 12.2 Å². The molecule has 0 atom stereocenters. The van der Waals surface area contributed by atoms with Crippen LogP contribution in [0.15, 0.2) is 30.0 Å². The van der Waals surface area contributed by atoms with Crippen LogP contribution in [-0.4, -0.2) is 12.4 Å². The Hall–Kier alpha value is -1.35. The second kappa shape index (κ2) is 3.91. The van der Waals surface area contributed by atoms with Crippen LogP contribution >= 0.6 is 0 Å². The van der Waals surface area contributed by atoms with E-state index in [1.807, 2.05) is 20.8 Å². The highest BCUT2D eigenvalue weighted by Crippen LogP contribution is 2.31. The molecule has 0 bridgehead atoms. The van der Waals surface area contributed by atoms with Crippen LogP contribution in [0.25, 0.3) is 5.57 Å². The molecule has 0 N–H and O–H groups in total. The van der Waals surface area contributed by atoms with E-state index in [2.05, 4.69) is 0 Å². The molecule has 0 aromatic heterocycles. The lowest BCUT2D eigenvalue weighted by atomic mass is 10.0. The molecule has 0 unspecified atom stereocenters. The van der Waals surface area contributed by atoms with Gasteiger partial charge in [0, 0.05) is 25.0 Å². The van der Waals surface area contributed by atoms with E-state index < -0.39 is 5.79 Å². The van der Waals surface area contributed by atoms with Crippen LogP contribution in [-0.2, 0) is 9.47 Å². The Morgan fingerprint density at radius 3 is 2.56 bits per heavy atom. The topological polar surface area (TPSA) is 18.5 Å². The standard InChI is InChI=1S/C13H15FO2/c1-9-11(8-15-13(2,3)16-9)10-6-4-5-7-12(10)14/h4-7H,8H2,1-3H3. The van der Waals surface area contributed by atoms with Crippen LogP contribution in [0.1, 0.15) is 26.3 Å². The summed E-state index contributed by atoms with van der Waals surface area (Å²) in [4.78, 5) is 0. The molecule has 1 aliphatic rings. The van der Waals surface area contributed by atoms with Crippen molar-refractivity contribution in [3.05, 3.63) is 41.4 Å². The molecule has 0 fully saturated rings. The van der Waals surface area contributed by atoms with Crippen molar-refractivity contribution in [3.8, 4) is 0 Å². The predicted octanol–water partition coefficient (Wildman–Crippen LogP) is 3.34. The second-order valence-corrected chi connectivity index (χ2v) is 4.31. The van der Waals surface area contributed by atoms with Gasteiger partial charge in [-0.15, -0.1) is 0 Å². The number of allylic oxidation sites excluding steroid dienone is 1. The Morgan fingerprint density at radius 2 is 1.94 bits per heavy atom. The molecular weight excluding hydrogens is 207 g/mol. The Kier molecular flexibility index (Phi) is 2.72. The molecule has 3 heteroatoms. The number of benzene rings is 1. The Bertz CT molecular complexity index is 435. The van der Waals surface area contributed by atoms with E-state index in [1.54, 1.807) is 18.2 Å². The van der Waals surface area contributed by atoms with Crippen molar-refractivity contribution in [2.45, 2.75) is 26.6 Å². The highest BCUT2D eigenvalue weighted by atomic mass is 19.1. The van der Waals surface area contributed by atoms with Crippen LogP contribution in [0.4, 0.5) is 4.39 Å².